The molecule has 86 valence electrons. The lowest BCUT2D eigenvalue weighted by molar-refractivity contribution is -0.399. The smallest absolute Gasteiger partial charge is 0.258 e. The molecule has 0 aliphatic rings. The van der Waals surface area contributed by atoms with Crippen molar-refractivity contribution in [1.82, 2.24) is 0 Å². The first-order valence-corrected chi connectivity index (χ1v) is 5.24. The first kappa shape index (κ1) is 12.0. The van der Waals surface area contributed by atoms with Crippen molar-refractivity contribution in [3.8, 4) is 0 Å². The molecule has 0 spiro atoms. The molecule has 0 aliphatic heterocycles. The minimum absolute atomic E-state index is 0.826. The summed E-state index contributed by atoms with van der Waals surface area (Å²) in [6.45, 7) is 0. The Morgan fingerprint density at radius 1 is 1.06 bits per heavy atom. The molecule has 1 aromatic carbocycles. The summed E-state index contributed by atoms with van der Waals surface area (Å²) in [6.07, 6.45) is 0. The second kappa shape index (κ2) is 3.83. The molecule has 0 fully saturated rings. The van der Waals surface area contributed by atoms with E-state index in [9.17, 15) is 28.6 Å². The number of nitro groups is 2. The highest BCUT2D eigenvalue weighted by Crippen LogP contribution is 2.31. The number of primary sulfonamides is 1. The van der Waals surface area contributed by atoms with E-state index in [1.807, 2.05) is 0 Å². The number of hydrogen-bond donors (Lipinski definition) is 1. The molecule has 0 bridgehead atoms. The van der Waals surface area contributed by atoms with Crippen LogP contribution in [0.2, 0.25) is 0 Å². The zero-order valence-electron chi connectivity index (χ0n) is 7.56. The highest BCUT2D eigenvalue weighted by atomic mass is 32.2. The van der Waals surface area contributed by atoms with Gasteiger partial charge in [-0.1, -0.05) is 0 Å². The van der Waals surface area contributed by atoms with Crippen LogP contribution in [-0.4, -0.2) is 18.3 Å². The largest absolute Gasteiger partial charge is 0.296 e. The van der Waals surface area contributed by atoms with Crippen molar-refractivity contribution in [3.05, 3.63) is 38.4 Å². The standard InChI is InChI=1S/C6H5N3O6S/c7-16(14,15)6-4(8(10)11)2-1-3-5(6)9(12)13/h1-3H,(H2,7,14,15). The molecule has 0 atom stereocenters. The van der Waals surface area contributed by atoms with Gasteiger partial charge in [0.1, 0.15) is 0 Å². The Bertz CT molecular complexity index is 533. The maximum Gasteiger partial charge on any atom is 0.296 e. The van der Waals surface area contributed by atoms with Gasteiger partial charge in [0.25, 0.3) is 21.4 Å². The van der Waals surface area contributed by atoms with E-state index >= 15 is 0 Å². The van der Waals surface area contributed by atoms with Crippen molar-refractivity contribution in [2.24, 2.45) is 5.14 Å². The van der Waals surface area contributed by atoms with Crippen molar-refractivity contribution >= 4 is 21.4 Å². The van der Waals surface area contributed by atoms with Gasteiger partial charge in [0, 0.05) is 12.1 Å². The lowest BCUT2D eigenvalue weighted by Gasteiger charge is -2.00. The SMILES string of the molecule is NS(=O)(=O)c1c([N+](=O)[O-])cccc1[N+](=O)[O-]. The Kier molecular flexibility index (Phi) is 2.87. The van der Waals surface area contributed by atoms with Crippen molar-refractivity contribution < 1.29 is 18.3 Å². The van der Waals surface area contributed by atoms with Crippen LogP contribution in [0.3, 0.4) is 0 Å². The molecule has 0 radical (unpaired) electrons. The fraction of sp³-hybridized carbons (Fsp3) is 0. The molecule has 16 heavy (non-hydrogen) atoms. The molecular weight excluding hydrogens is 242 g/mol. The van der Waals surface area contributed by atoms with Crippen LogP contribution in [0.1, 0.15) is 0 Å². The molecule has 0 unspecified atom stereocenters. The Balaban J connectivity index is 3.75. The van der Waals surface area contributed by atoms with Crippen molar-refractivity contribution in [1.29, 1.82) is 0 Å². The zero-order valence-corrected chi connectivity index (χ0v) is 8.38. The molecule has 1 rings (SSSR count). The Hall–Kier alpha value is -2.07. The van der Waals surface area contributed by atoms with E-state index in [-0.39, 0.29) is 0 Å². The third-order valence-electron chi connectivity index (χ3n) is 1.65. The number of benzene rings is 1. The molecule has 10 heteroatoms. The number of nitro benzene ring substituents is 2. The summed E-state index contributed by atoms with van der Waals surface area (Å²) in [6, 6.07) is 2.66. The van der Waals surface area contributed by atoms with Crippen LogP contribution < -0.4 is 5.14 Å². The summed E-state index contributed by atoms with van der Waals surface area (Å²) in [4.78, 5) is 17.8. The van der Waals surface area contributed by atoms with Crippen LogP contribution in [0.5, 0.6) is 0 Å². The number of nitrogens with zero attached hydrogens (tertiary/aromatic N) is 2. The fourth-order valence-corrected chi connectivity index (χ4v) is 1.96. The number of rotatable bonds is 3. The molecule has 0 saturated carbocycles. The quantitative estimate of drug-likeness (QED) is 0.593. The summed E-state index contributed by atoms with van der Waals surface area (Å²) >= 11 is 0. The van der Waals surface area contributed by atoms with Gasteiger partial charge in [0.2, 0.25) is 4.90 Å². The second-order valence-electron chi connectivity index (χ2n) is 2.68. The predicted octanol–water partition coefficient (Wildman–Crippen LogP) is 0.150. The third-order valence-corrected chi connectivity index (χ3v) is 2.64. The topological polar surface area (TPSA) is 146 Å². The molecule has 9 nitrogen and oxygen atoms in total. The molecule has 1 aromatic rings. The van der Waals surface area contributed by atoms with Crippen molar-refractivity contribution in [3.63, 3.8) is 0 Å². The van der Waals surface area contributed by atoms with Gasteiger partial charge in [-0.2, -0.15) is 0 Å². The van der Waals surface area contributed by atoms with E-state index < -0.39 is 36.1 Å². The Labute approximate surface area is 88.8 Å². The summed E-state index contributed by atoms with van der Waals surface area (Å²) < 4.78 is 22.1. The lowest BCUT2D eigenvalue weighted by atomic mass is 10.3. The first-order chi connectivity index (χ1) is 7.25. The van der Waals surface area contributed by atoms with Crippen molar-refractivity contribution in [2.75, 3.05) is 0 Å². The van der Waals surface area contributed by atoms with E-state index in [0.29, 0.717) is 0 Å². The van der Waals surface area contributed by atoms with E-state index in [1.54, 1.807) is 0 Å². The number of sulfonamides is 1. The maximum atomic E-state index is 11.1. The molecule has 2 N–H and O–H groups in total. The average molecular weight is 247 g/mol. The van der Waals surface area contributed by atoms with Crippen LogP contribution in [0.25, 0.3) is 0 Å². The second-order valence-corrected chi connectivity index (χ2v) is 4.18. The Morgan fingerprint density at radius 2 is 1.44 bits per heavy atom. The molecular formula is C6H5N3O6S. The molecule has 0 aliphatic carbocycles. The maximum absolute atomic E-state index is 11.1. The third kappa shape index (κ3) is 2.12. The predicted molar refractivity (Wildman–Crippen MR) is 51.1 cm³/mol. The van der Waals surface area contributed by atoms with Crippen molar-refractivity contribution in [2.45, 2.75) is 4.90 Å². The van der Waals surface area contributed by atoms with Gasteiger partial charge in [0.15, 0.2) is 0 Å². The van der Waals surface area contributed by atoms with E-state index in [1.165, 1.54) is 0 Å². The fourth-order valence-electron chi connectivity index (χ4n) is 1.09. The minimum atomic E-state index is -4.54. The first-order valence-electron chi connectivity index (χ1n) is 3.69. The highest BCUT2D eigenvalue weighted by molar-refractivity contribution is 7.89. The monoisotopic (exact) mass is 247 g/mol. The zero-order chi connectivity index (χ0) is 12.5. The molecule has 0 heterocycles. The van der Waals surface area contributed by atoms with E-state index in [0.717, 1.165) is 18.2 Å². The molecule has 0 saturated heterocycles. The van der Waals surface area contributed by atoms with E-state index in [4.69, 9.17) is 5.14 Å². The van der Waals surface area contributed by atoms with Gasteiger partial charge in [-0.05, 0) is 6.07 Å². The number of nitrogens with two attached hydrogens (primary N) is 1. The molecule has 0 aromatic heterocycles. The lowest BCUT2D eigenvalue weighted by Crippen LogP contribution is -2.16. The number of hydrogen-bond acceptors (Lipinski definition) is 6. The van der Waals surface area contributed by atoms with Gasteiger partial charge < -0.3 is 0 Å². The normalized spacial score (nSPS) is 11.1. The highest BCUT2D eigenvalue weighted by Gasteiger charge is 2.32. The van der Waals surface area contributed by atoms with Gasteiger partial charge in [-0.25, -0.2) is 13.6 Å². The van der Waals surface area contributed by atoms with Crippen LogP contribution in [0, 0.1) is 20.2 Å². The minimum Gasteiger partial charge on any atom is -0.258 e. The van der Waals surface area contributed by atoms with E-state index in [2.05, 4.69) is 0 Å². The van der Waals surface area contributed by atoms with Gasteiger partial charge in [-0.3, -0.25) is 20.2 Å². The summed E-state index contributed by atoms with van der Waals surface area (Å²) in [5.74, 6) is 0. The molecule has 0 amide bonds. The summed E-state index contributed by atoms with van der Waals surface area (Å²) in [5.41, 5.74) is -1.84. The van der Waals surface area contributed by atoms with Crippen LogP contribution in [0.15, 0.2) is 23.1 Å². The van der Waals surface area contributed by atoms with Gasteiger partial charge in [0.05, 0.1) is 9.85 Å². The van der Waals surface area contributed by atoms with Crippen LogP contribution >= 0.6 is 0 Å². The van der Waals surface area contributed by atoms with Crippen LogP contribution in [-0.2, 0) is 10.0 Å². The van der Waals surface area contributed by atoms with Gasteiger partial charge in [-0.15, -0.1) is 0 Å². The summed E-state index contributed by atoms with van der Waals surface area (Å²) in [7, 11) is -4.54. The van der Waals surface area contributed by atoms with Gasteiger partial charge >= 0.3 is 0 Å². The average Bonchev–Trinajstić information content (AvgIpc) is 2.15. The summed E-state index contributed by atoms with van der Waals surface area (Å²) in [5, 5.41) is 25.7. The Morgan fingerprint density at radius 3 is 1.69 bits per heavy atom. The van der Waals surface area contributed by atoms with Crippen LogP contribution in [0.4, 0.5) is 11.4 Å².